The van der Waals surface area contributed by atoms with Gasteiger partial charge in [-0.2, -0.15) is 72.7 Å². The summed E-state index contributed by atoms with van der Waals surface area (Å²) in [6.45, 7) is 28.1. The summed E-state index contributed by atoms with van der Waals surface area (Å²) in [5, 5.41) is 0. The van der Waals surface area contributed by atoms with Crippen LogP contribution in [0.1, 0.15) is 128 Å². The number of benzene rings is 3. The minimum absolute atomic E-state index is 0. The Labute approximate surface area is 347 Å². The van der Waals surface area contributed by atoms with Gasteiger partial charge in [0.1, 0.15) is 0 Å². The third kappa shape index (κ3) is 10.2. The summed E-state index contributed by atoms with van der Waals surface area (Å²) in [6.07, 6.45) is 17.0. The van der Waals surface area contributed by atoms with Crippen LogP contribution in [0.15, 0.2) is 66.3 Å². The van der Waals surface area contributed by atoms with Gasteiger partial charge in [0.25, 0.3) is 0 Å². The van der Waals surface area contributed by atoms with Crippen LogP contribution < -0.4 is 0 Å². The summed E-state index contributed by atoms with van der Waals surface area (Å²) in [6, 6.07) is 23.4. The summed E-state index contributed by atoms with van der Waals surface area (Å²) >= 11 is 1.30. The normalized spacial score (nSPS) is 25.4. The predicted molar refractivity (Wildman–Crippen MR) is 229 cm³/mol. The molecule has 3 aromatic rings. The second-order valence-electron chi connectivity index (χ2n) is 17.6. The van der Waals surface area contributed by atoms with Gasteiger partial charge in [-0.1, -0.05) is 96.8 Å². The van der Waals surface area contributed by atoms with E-state index in [9.17, 15) is 0 Å². The van der Waals surface area contributed by atoms with E-state index in [-0.39, 0.29) is 35.6 Å². The SMILES string of the molecule is CC1[C-]=CC(C2(C)C3CC4CC(C3)CC2C4)=C1.Cc1[c-]c2c(cc1C(C)(C)C)-c1cc(C(C)(C)C)c(C)cc1C2.Cl.Cl.[CH2-]C.[CH2]=[Zr].[c-]1ccccc1. The molecule has 1 atom stereocenters. The van der Waals surface area contributed by atoms with Gasteiger partial charge in [-0.25, -0.2) is 6.08 Å². The van der Waals surface area contributed by atoms with Crippen molar-refractivity contribution < 1.29 is 24.2 Å². The number of rotatable bonds is 1. The van der Waals surface area contributed by atoms with Gasteiger partial charge in [0.2, 0.25) is 0 Å². The van der Waals surface area contributed by atoms with Gasteiger partial charge in [-0.3, -0.25) is 6.08 Å². The van der Waals surface area contributed by atoms with E-state index in [4.69, 9.17) is 0 Å². The van der Waals surface area contributed by atoms with Crippen molar-refractivity contribution >= 4 is 29.0 Å². The van der Waals surface area contributed by atoms with E-state index in [0.29, 0.717) is 11.3 Å². The van der Waals surface area contributed by atoms with Gasteiger partial charge in [0, 0.05) is 0 Å². The van der Waals surface area contributed by atoms with Gasteiger partial charge in [0.05, 0.1) is 0 Å². The van der Waals surface area contributed by atoms with Crippen LogP contribution in [0.4, 0.5) is 0 Å². The molecule has 0 spiro atoms. The van der Waals surface area contributed by atoms with Gasteiger partial charge in [0.15, 0.2) is 0 Å². The second kappa shape index (κ2) is 19.4. The maximum atomic E-state index is 3.69. The summed E-state index contributed by atoms with van der Waals surface area (Å²) < 4.78 is 3.34. The molecular formula is C49H66Cl2Zr-4. The molecule has 52 heavy (non-hydrogen) atoms. The summed E-state index contributed by atoms with van der Waals surface area (Å²) in [7, 11) is 0. The smallest absolute Gasteiger partial charge is 0.171 e. The van der Waals surface area contributed by atoms with Crippen molar-refractivity contribution in [2.45, 2.75) is 126 Å². The third-order valence-corrected chi connectivity index (χ3v) is 12.1. The Morgan fingerprint density at radius 1 is 0.769 bits per heavy atom. The topological polar surface area (TPSA) is 0 Å². The van der Waals surface area contributed by atoms with Crippen LogP contribution in [-0.2, 0) is 41.5 Å². The molecule has 0 heterocycles. The van der Waals surface area contributed by atoms with Crippen LogP contribution in [0.3, 0.4) is 0 Å². The molecule has 0 radical (unpaired) electrons. The molecule has 0 amide bonds. The third-order valence-electron chi connectivity index (χ3n) is 12.1. The van der Waals surface area contributed by atoms with E-state index in [1.54, 1.807) is 18.9 Å². The minimum atomic E-state index is 0. The van der Waals surface area contributed by atoms with Gasteiger partial charge in [-0.05, 0) is 91.2 Å². The fourth-order valence-corrected chi connectivity index (χ4v) is 9.92. The van der Waals surface area contributed by atoms with Crippen LogP contribution in [0, 0.1) is 74.0 Å². The van der Waals surface area contributed by atoms with E-state index in [2.05, 4.69) is 129 Å². The van der Waals surface area contributed by atoms with E-state index in [1.807, 2.05) is 30.3 Å². The minimum Gasteiger partial charge on any atom is -0.184 e. The van der Waals surface area contributed by atoms with E-state index < -0.39 is 0 Å². The standard InChI is InChI=1S/C23H29.C17H23.C6H5.C2H5.CH2.2ClH.Zr/c1-14-9-16-11-17-10-15(2)21(23(6,7)8)13-19(17)18(16)12-20(14)22(3,4)5;1-11-3-4-14(5-11)17(2)15-7-12-6-13(9-15)10-16(17)8-12;1-2-4-6-5-3-1;1-2;;;;/h9,12-13H,11H2,1-8H3;4-5,11-13,15-16H,6-10H2,1-2H3;1-5H;1H2,2H3;1H2;2*1H;/q4*-1;;;;. The van der Waals surface area contributed by atoms with Crippen molar-refractivity contribution in [1.29, 1.82) is 0 Å². The Kier molecular flexibility index (Phi) is 17.4. The number of allylic oxidation sites excluding steroid dienone is 4. The summed E-state index contributed by atoms with van der Waals surface area (Å²) in [4.78, 5) is 0. The van der Waals surface area contributed by atoms with Gasteiger partial charge >= 0.3 is 28.4 Å². The molecule has 4 fully saturated rings. The van der Waals surface area contributed by atoms with Gasteiger partial charge in [-0.15, -0.1) is 41.5 Å². The monoisotopic (exact) mass is 814 g/mol. The first-order valence-corrected chi connectivity index (χ1v) is 20.9. The number of fused-ring (bicyclic) bond motifs is 3. The van der Waals surface area contributed by atoms with Crippen molar-refractivity contribution in [3.63, 3.8) is 0 Å². The number of halogens is 2. The Morgan fingerprint density at radius 3 is 1.71 bits per heavy atom. The Balaban J connectivity index is 0.000000283. The second-order valence-corrected chi connectivity index (χ2v) is 17.6. The first-order valence-electron chi connectivity index (χ1n) is 19.1. The first-order chi connectivity index (χ1) is 23.6. The molecule has 0 N–H and O–H groups in total. The fourth-order valence-electron chi connectivity index (χ4n) is 9.92. The maximum Gasteiger partial charge on any atom is -0.171 e. The summed E-state index contributed by atoms with van der Waals surface area (Å²) in [5.74, 6) is 4.68. The zero-order chi connectivity index (χ0) is 37.0. The number of aryl methyl sites for hydroxylation is 2. The molecule has 6 aliphatic rings. The van der Waals surface area contributed by atoms with Crippen LogP contribution >= 0.6 is 24.8 Å². The van der Waals surface area contributed by atoms with E-state index in [0.717, 1.165) is 30.1 Å². The summed E-state index contributed by atoms with van der Waals surface area (Å²) in [5.41, 5.74) is 13.8. The molecule has 9 rings (SSSR count). The number of hydrogen-bond acceptors (Lipinski definition) is 0. The quantitative estimate of drug-likeness (QED) is 0.168. The van der Waals surface area contributed by atoms with Crippen molar-refractivity contribution in [2.24, 2.45) is 35.0 Å². The van der Waals surface area contributed by atoms with Crippen molar-refractivity contribution in [3.05, 3.63) is 125 Å². The predicted octanol–water partition coefficient (Wildman–Crippen LogP) is 13.8. The van der Waals surface area contributed by atoms with Crippen LogP contribution in [0.25, 0.3) is 11.1 Å². The Hall–Kier alpha value is -1.53. The zero-order valence-electron chi connectivity index (χ0n) is 34.1. The van der Waals surface area contributed by atoms with Crippen LogP contribution in [-0.4, -0.2) is 4.21 Å². The average Bonchev–Trinajstić information content (AvgIpc) is 3.67. The Morgan fingerprint density at radius 2 is 1.29 bits per heavy atom. The molecule has 3 heteroatoms. The molecule has 0 nitrogen and oxygen atoms in total. The molecule has 4 bridgehead atoms. The molecule has 1 unspecified atom stereocenters. The van der Waals surface area contributed by atoms with E-state index >= 15 is 0 Å². The fraction of sp³-hybridized carbons (Fsp3) is 0.510. The van der Waals surface area contributed by atoms with Crippen LogP contribution in [0.2, 0.25) is 0 Å². The van der Waals surface area contributed by atoms with Crippen LogP contribution in [0.5, 0.6) is 0 Å². The molecule has 0 aromatic heterocycles. The van der Waals surface area contributed by atoms with Crippen molar-refractivity contribution in [3.8, 4) is 11.1 Å². The molecular weight excluding hydrogens is 751 g/mol. The maximum absolute atomic E-state index is 3.69. The molecule has 4 saturated carbocycles. The molecule has 284 valence electrons. The molecule has 0 saturated heterocycles. The molecule has 3 aromatic carbocycles. The largest absolute Gasteiger partial charge is 0.184 e. The average molecular weight is 817 g/mol. The van der Waals surface area contributed by atoms with Crippen molar-refractivity contribution in [2.75, 3.05) is 0 Å². The molecule has 0 aliphatic heterocycles. The zero-order valence-corrected chi connectivity index (χ0v) is 38.2. The van der Waals surface area contributed by atoms with Crippen molar-refractivity contribution in [1.82, 2.24) is 0 Å². The Bertz CT molecular complexity index is 1530. The van der Waals surface area contributed by atoms with Gasteiger partial charge < -0.3 is 6.92 Å². The number of hydrogen-bond donors (Lipinski definition) is 0. The first kappa shape index (κ1) is 46.6. The van der Waals surface area contributed by atoms with E-state index in [1.165, 1.54) is 94.4 Å². The molecule has 6 aliphatic carbocycles.